The smallest absolute Gasteiger partial charge is 0.350 e. The number of nitrogens with one attached hydrogen (secondary N) is 3. The fraction of sp³-hybridized carbons (Fsp3) is 0.273. The number of aromatic amines is 2. The van der Waals surface area contributed by atoms with Crippen LogP contribution in [-0.2, 0) is 19.1 Å². The molecule has 2 heterocycles. The van der Waals surface area contributed by atoms with E-state index in [1.165, 1.54) is 13.8 Å². The van der Waals surface area contributed by atoms with Gasteiger partial charge in [0, 0.05) is 26.2 Å². The Bertz CT molecular complexity index is 689. The average molecular weight is 281 g/mol. The number of hydrogen-bond donors (Lipinski definition) is 3. The SMILES string of the molecule is CC1(C)OC(=O)C(=CNc2c[nH]c(=O)[nH]c2=O)C(=O)O1. The Labute approximate surface area is 111 Å². The first-order valence-electron chi connectivity index (χ1n) is 5.54. The van der Waals surface area contributed by atoms with Gasteiger partial charge in [-0.2, -0.15) is 0 Å². The third-order valence-electron chi connectivity index (χ3n) is 2.31. The van der Waals surface area contributed by atoms with Crippen LogP contribution in [0.15, 0.2) is 27.6 Å². The summed E-state index contributed by atoms with van der Waals surface area (Å²) in [5.74, 6) is -3.08. The van der Waals surface area contributed by atoms with Gasteiger partial charge in [0.1, 0.15) is 5.69 Å². The molecule has 9 nitrogen and oxygen atoms in total. The number of ether oxygens (including phenoxy) is 2. The Morgan fingerprint density at radius 2 is 1.75 bits per heavy atom. The fourth-order valence-electron chi connectivity index (χ4n) is 1.45. The van der Waals surface area contributed by atoms with Crippen molar-refractivity contribution in [3.8, 4) is 0 Å². The monoisotopic (exact) mass is 281 g/mol. The number of anilines is 1. The molecule has 106 valence electrons. The number of esters is 2. The zero-order chi connectivity index (χ0) is 14.9. The quantitative estimate of drug-likeness (QED) is 0.367. The molecule has 0 aliphatic carbocycles. The van der Waals surface area contributed by atoms with Gasteiger partial charge in [0.05, 0.1) is 0 Å². The van der Waals surface area contributed by atoms with Gasteiger partial charge < -0.3 is 19.8 Å². The highest BCUT2D eigenvalue weighted by atomic mass is 16.7. The van der Waals surface area contributed by atoms with E-state index < -0.39 is 34.5 Å². The molecule has 0 aromatic carbocycles. The Hall–Kier alpha value is -2.84. The van der Waals surface area contributed by atoms with E-state index in [1.807, 2.05) is 4.98 Å². The zero-order valence-electron chi connectivity index (χ0n) is 10.6. The topological polar surface area (TPSA) is 130 Å². The molecule has 0 atom stereocenters. The number of cyclic esters (lactones) is 2. The first-order chi connectivity index (χ1) is 9.28. The molecular formula is C11H11N3O6. The molecule has 2 rings (SSSR count). The van der Waals surface area contributed by atoms with Crippen molar-refractivity contribution >= 4 is 17.6 Å². The van der Waals surface area contributed by atoms with Crippen LogP contribution in [0, 0.1) is 0 Å². The van der Waals surface area contributed by atoms with Crippen LogP contribution in [0.2, 0.25) is 0 Å². The molecular weight excluding hydrogens is 270 g/mol. The van der Waals surface area contributed by atoms with Crippen LogP contribution in [0.25, 0.3) is 0 Å². The molecule has 1 aliphatic heterocycles. The molecule has 20 heavy (non-hydrogen) atoms. The van der Waals surface area contributed by atoms with Gasteiger partial charge in [-0.25, -0.2) is 14.4 Å². The molecule has 1 fully saturated rings. The first-order valence-corrected chi connectivity index (χ1v) is 5.54. The van der Waals surface area contributed by atoms with Crippen molar-refractivity contribution in [1.29, 1.82) is 0 Å². The summed E-state index contributed by atoms with van der Waals surface area (Å²) in [6.07, 6.45) is 2.07. The second-order valence-corrected chi connectivity index (χ2v) is 4.37. The molecule has 1 aliphatic rings. The van der Waals surface area contributed by atoms with Gasteiger partial charge in [-0.05, 0) is 0 Å². The number of carbonyl (C=O) groups is 2. The van der Waals surface area contributed by atoms with Gasteiger partial charge in [0.15, 0.2) is 5.57 Å². The summed E-state index contributed by atoms with van der Waals surface area (Å²) >= 11 is 0. The molecule has 3 N–H and O–H groups in total. The van der Waals surface area contributed by atoms with Crippen LogP contribution in [0.3, 0.4) is 0 Å². The highest BCUT2D eigenvalue weighted by Gasteiger charge is 2.38. The van der Waals surface area contributed by atoms with E-state index in [0.717, 1.165) is 12.4 Å². The maximum atomic E-state index is 11.6. The van der Waals surface area contributed by atoms with Crippen molar-refractivity contribution < 1.29 is 19.1 Å². The molecule has 1 saturated heterocycles. The average Bonchev–Trinajstić information content (AvgIpc) is 2.28. The summed E-state index contributed by atoms with van der Waals surface area (Å²) in [5.41, 5.74) is -1.83. The third-order valence-corrected chi connectivity index (χ3v) is 2.31. The normalized spacial score (nSPS) is 17.2. The Morgan fingerprint density at radius 3 is 2.30 bits per heavy atom. The lowest BCUT2D eigenvalue weighted by Gasteiger charge is -2.29. The van der Waals surface area contributed by atoms with E-state index in [9.17, 15) is 19.2 Å². The number of carbonyl (C=O) groups excluding carboxylic acids is 2. The van der Waals surface area contributed by atoms with E-state index >= 15 is 0 Å². The minimum absolute atomic E-state index is 0.0532. The molecule has 1 aromatic rings. The van der Waals surface area contributed by atoms with Crippen molar-refractivity contribution in [1.82, 2.24) is 9.97 Å². The van der Waals surface area contributed by atoms with Crippen molar-refractivity contribution in [3.05, 3.63) is 38.8 Å². The number of rotatable bonds is 2. The summed E-state index contributed by atoms with van der Waals surface area (Å²) in [4.78, 5) is 49.6. The lowest BCUT2D eigenvalue weighted by Crippen LogP contribution is -2.42. The molecule has 1 aromatic heterocycles. The van der Waals surface area contributed by atoms with Crippen LogP contribution >= 0.6 is 0 Å². The van der Waals surface area contributed by atoms with Crippen LogP contribution < -0.4 is 16.6 Å². The lowest BCUT2D eigenvalue weighted by atomic mass is 10.2. The van der Waals surface area contributed by atoms with Crippen molar-refractivity contribution in [2.45, 2.75) is 19.6 Å². The largest absolute Gasteiger partial charge is 0.419 e. The van der Waals surface area contributed by atoms with E-state index in [-0.39, 0.29) is 5.69 Å². The molecule has 0 spiro atoms. The Kier molecular flexibility index (Phi) is 3.18. The second kappa shape index (κ2) is 4.68. The predicted molar refractivity (Wildman–Crippen MR) is 65.7 cm³/mol. The molecule has 9 heteroatoms. The fourth-order valence-corrected chi connectivity index (χ4v) is 1.45. The maximum Gasteiger partial charge on any atom is 0.350 e. The van der Waals surface area contributed by atoms with Crippen molar-refractivity contribution in [2.24, 2.45) is 0 Å². The standard InChI is InChI=1S/C11H11N3O6/c1-11(2)19-8(16)5(9(17)20-11)3-12-6-4-13-10(18)14-7(6)15/h3-4,12H,1-2H3,(H2,13,14,15,18). The van der Waals surface area contributed by atoms with Crippen LogP contribution in [0.4, 0.5) is 5.69 Å². The summed E-state index contributed by atoms with van der Waals surface area (Å²) in [6.45, 7) is 2.83. The van der Waals surface area contributed by atoms with Crippen molar-refractivity contribution in [2.75, 3.05) is 5.32 Å². The minimum Gasteiger partial charge on any atom is -0.419 e. The summed E-state index contributed by atoms with van der Waals surface area (Å²) in [5, 5.41) is 2.42. The van der Waals surface area contributed by atoms with Gasteiger partial charge in [-0.15, -0.1) is 0 Å². The number of hydrogen-bond acceptors (Lipinski definition) is 7. The van der Waals surface area contributed by atoms with Crippen LogP contribution in [0.1, 0.15) is 13.8 Å². The number of aromatic nitrogens is 2. The third kappa shape index (κ3) is 2.76. The summed E-state index contributed by atoms with van der Waals surface area (Å²) in [7, 11) is 0. The van der Waals surface area contributed by atoms with E-state index in [2.05, 4.69) is 10.3 Å². The minimum atomic E-state index is -1.33. The van der Waals surface area contributed by atoms with Gasteiger partial charge in [0.2, 0.25) is 0 Å². The molecule has 0 bridgehead atoms. The van der Waals surface area contributed by atoms with Gasteiger partial charge >= 0.3 is 17.6 Å². The second-order valence-electron chi connectivity index (χ2n) is 4.37. The summed E-state index contributed by atoms with van der Waals surface area (Å²) < 4.78 is 9.72. The highest BCUT2D eigenvalue weighted by Crippen LogP contribution is 2.22. The van der Waals surface area contributed by atoms with Crippen LogP contribution in [0.5, 0.6) is 0 Å². The van der Waals surface area contributed by atoms with E-state index in [1.54, 1.807) is 0 Å². The predicted octanol–water partition coefficient (Wildman–Crippen LogP) is -0.805. The molecule has 0 radical (unpaired) electrons. The van der Waals surface area contributed by atoms with Gasteiger partial charge in [-0.3, -0.25) is 9.78 Å². The van der Waals surface area contributed by atoms with E-state index in [4.69, 9.17) is 9.47 Å². The maximum absolute atomic E-state index is 11.6. The number of H-pyrrole nitrogens is 2. The van der Waals surface area contributed by atoms with Gasteiger partial charge in [0.25, 0.3) is 11.3 Å². The molecule has 0 unspecified atom stereocenters. The van der Waals surface area contributed by atoms with Gasteiger partial charge in [-0.1, -0.05) is 0 Å². The van der Waals surface area contributed by atoms with E-state index in [0.29, 0.717) is 0 Å². The first kappa shape index (κ1) is 13.6. The molecule has 0 amide bonds. The lowest BCUT2D eigenvalue weighted by molar-refractivity contribution is -0.222. The van der Waals surface area contributed by atoms with Crippen LogP contribution in [-0.4, -0.2) is 27.7 Å². The van der Waals surface area contributed by atoms with Crippen molar-refractivity contribution in [3.63, 3.8) is 0 Å². The zero-order valence-corrected chi connectivity index (χ0v) is 10.6. The highest BCUT2D eigenvalue weighted by molar-refractivity contribution is 6.15. The Morgan fingerprint density at radius 1 is 1.15 bits per heavy atom. The Balaban J connectivity index is 2.23. The molecule has 0 saturated carbocycles. The summed E-state index contributed by atoms with van der Waals surface area (Å²) in [6, 6.07) is 0.